The van der Waals surface area contributed by atoms with Crippen LogP contribution in [0.5, 0.6) is 0 Å². The van der Waals surface area contributed by atoms with Gasteiger partial charge in [-0.15, -0.1) is 11.3 Å². The monoisotopic (exact) mass is 304 g/mol. The van der Waals surface area contributed by atoms with E-state index >= 15 is 0 Å². The van der Waals surface area contributed by atoms with Crippen LogP contribution in [-0.4, -0.2) is 36.3 Å². The van der Waals surface area contributed by atoms with E-state index in [2.05, 4.69) is 44.6 Å². The summed E-state index contributed by atoms with van der Waals surface area (Å²) in [6.07, 6.45) is 0.910. The van der Waals surface area contributed by atoms with E-state index in [1.54, 1.807) is 11.3 Å². The molecule has 1 aliphatic heterocycles. The molecular formula is C15H20N4OS. The molecule has 0 spiro atoms. The van der Waals surface area contributed by atoms with Gasteiger partial charge in [0.05, 0.1) is 19.8 Å². The fourth-order valence-electron chi connectivity index (χ4n) is 2.25. The van der Waals surface area contributed by atoms with Crippen molar-refractivity contribution in [2.24, 2.45) is 0 Å². The summed E-state index contributed by atoms with van der Waals surface area (Å²) in [6.45, 7) is 6.14. The van der Waals surface area contributed by atoms with Gasteiger partial charge in [0.15, 0.2) is 0 Å². The first kappa shape index (κ1) is 14.3. The molecule has 2 aromatic rings. The molecule has 112 valence electrons. The quantitative estimate of drug-likeness (QED) is 0.920. The van der Waals surface area contributed by atoms with E-state index in [9.17, 15) is 0 Å². The second kappa shape index (κ2) is 6.87. The van der Waals surface area contributed by atoms with Crippen molar-refractivity contribution in [2.45, 2.75) is 19.9 Å². The van der Waals surface area contributed by atoms with Crippen molar-refractivity contribution in [2.75, 3.05) is 36.5 Å². The van der Waals surface area contributed by atoms with Gasteiger partial charge in [-0.05, 0) is 17.9 Å². The third-order valence-corrected chi connectivity index (χ3v) is 4.32. The van der Waals surface area contributed by atoms with Crippen LogP contribution < -0.4 is 10.2 Å². The molecule has 1 saturated heterocycles. The number of aryl methyl sites for hydroxylation is 1. The molecule has 3 heterocycles. The predicted molar refractivity (Wildman–Crippen MR) is 86.1 cm³/mol. The lowest BCUT2D eigenvalue weighted by Gasteiger charge is -2.27. The van der Waals surface area contributed by atoms with Crippen LogP contribution in [0.2, 0.25) is 0 Å². The van der Waals surface area contributed by atoms with Crippen LogP contribution in [-0.2, 0) is 17.7 Å². The molecular weight excluding hydrogens is 284 g/mol. The van der Waals surface area contributed by atoms with Gasteiger partial charge in [0, 0.05) is 29.7 Å². The van der Waals surface area contributed by atoms with Gasteiger partial charge in [-0.25, -0.2) is 4.98 Å². The number of nitrogens with zero attached hydrogens (tertiary/aromatic N) is 3. The Bertz CT molecular complexity index is 567. The van der Waals surface area contributed by atoms with Gasteiger partial charge in [0.25, 0.3) is 0 Å². The summed E-state index contributed by atoms with van der Waals surface area (Å²) in [5.74, 6) is 1.71. The summed E-state index contributed by atoms with van der Waals surface area (Å²) in [7, 11) is 0. The standard InChI is InChI=1S/C15H20N4OS/c1-2-12-10-14(16-11-13-4-3-9-21-13)18-15(17-12)19-5-7-20-8-6-19/h3-4,9-10H,2,5-8,11H2,1H3,(H,16,17,18). The number of hydrogen-bond acceptors (Lipinski definition) is 6. The highest BCUT2D eigenvalue weighted by Gasteiger charge is 2.15. The van der Waals surface area contributed by atoms with E-state index in [0.717, 1.165) is 56.7 Å². The largest absolute Gasteiger partial charge is 0.378 e. The maximum Gasteiger partial charge on any atom is 0.227 e. The Balaban J connectivity index is 1.75. The van der Waals surface area contributed by atoms with Crippen LogP contribution >= 0.6 is 11.3 Å². The van der Waals surface area contributed by atoms with E-state index in [1.807, 2.05) is 6.07 Å². The zero-order valence-corrected chi connectivity index (χ0v) is 13.0. The zero-order chi connectivity index (χ0) is 14.5. The first-order chi connectivity index (χ1) is 10.3. The maximum absolute atomic E-state index is 5.39. The molecule has 3 rings (SSSR count). The molecule has 1 aliphatic rings. The first-order valence-electron chi connectivity index (χ1n) is 7.32. The minimum atomic E-state index is 0.748. The SMILES string of the molecule is CCc1cc(NCc2cccs2)nc(N2CCOCC2)n1. The van der Waals surface area contributed by atoms with Crippen LogP contribution in [0, 0.1) is 0 Å². The lowest BCUT2D eigenvalue weighted by Crippen LogP contribution is -2.37. The van der Waals surface area contributed by atoms with Gasteiger partial charge in [-0.2, -0.15) is 4.98 Å². The highest BCUT2D eigenvalue weighted by molar-refractivity contribution is 7.09. The lowest BCUT2D eigenvalue weighted by atomic mass is 10.3. The Kier molecular flexibility index (Phi) is 4.67. The third-order valence-electron chi connectivity index (χ3n) is 3.45. The number of rotatable bonds is 5. The van der Waals surface area contributed by atoms with E-state index in [0.29, 0.717) is 0 Å². The molecule has 0 amide bonds. The third kappa shape index (κ3) is 3.71. The Morgan fingerprint density at radius 1 is 1.33 bits per heavy atom. The van der Waals surface area contributed by atoms with Gasteiger partial charge in [0.1, 0.15) is 5.82 Å². The van der Waals surface area contributed by atoms with Gasteiger partial charge in [-0.1, -0.05) is 13.0 Å². The summed E-state index contributed by atoms with van der Waals surface area (Å²) in [5.41, 5.74) is 1.07. The zero-order valence-electron chi connectivity index (χ0n) is 12.2. The molecule has 6 heteroatoms. The van der Waals surface area contributed by atoms with Crippen molar-refractivity contribution in [3.05, 3.63) is 34.2 Å². The Labute approximate surface area is 129 Å². The van der Waals surface area contributed by atoms with Gasteiger partial charge >= 0.3 is 0 Å². The molecule has 21 heavy (non-hydrogen) atoms. The average molecular weight is 304 g/mol. The molecule has 0 aliphatic carbocycles. The summed E-state index contributed by atoms with van der Waals surface area (Å²) in [5, 5.41) is 5.49. The van der Waals surface area contributed by atoms with Gasteiger partial charge < -0.3 is 15.0 Å². The topological polar surface area (TPSA) is 50.3 Å². The minimum absolute atomic E-state index is 0.748. The van der Waals surface area contributed by atoms with Crippen LogP contribution in [0.3, 0.4) is 0 Å². The van der Waals surface area contributed by atoms with Crippen molar-refractivity contribution >= 4 is 23.1 Å². The fourth-order valence-corrected chi connectivity index (χ4v) is 2.90. The minimum Gasteiger partial charge on any atom is -0.378 e. The van der Waals surface area contributed by atoms with Crippen molar-refractivity contribution in [3.8, 4) is 0 Å². The van der Waals surface area contributed by atoms with Crippen molar-refractivity contribution in [3.63, 3.8) is 0 Å². The maximum atomic E-state index is 5.39. The Morgan fingerprint density at radius 3 is 2.90 bits per heavy atom. The number of nitrogens with one attached hydrogen (secondary N) is 1. The van der Waals surface area contributed by atoms with E-state index < -0.39 is 0 Å². The lowest BCUT2D eigenvalue weighted by molar-refractivity contribution is 0.122. The Morgan fingerprint density at radius 2 is 2.19 bits per heavy atom. The summed E-state index contributed by atoms with van der Waals surface area (Å²) in [6, 6.07) is 6.23. The second-order valence-electron chi connectivity index (χ2n) is 4.93. The molecule has 0 radical (unpaired) electrons. The number of thiophene rings is 1. The molecule has 0 atom stereocenters. The highest BCUT2D eigenvalue weighted by Crippen LogP contribution is 2.17. The molecule has 5 nitrogen and oxygen atoms in total. The first-order valence-corrected chi connectivity index (χ1v) is 8.20. The second-order valence-corrected chi connectivity index (χ2v) is 5.96. The highest BCUT2D eigenvalue weighted by atomic mass is 32.1. The number of morpholine rings is 1. The fraction of sp³-hybridized carbons (Fsp3) is 0.467. The van der Waals surface area contributed by atoms with Crippen LogP contribution in [0.25, 0.3) is 0 Å². The Hall–Kier alpha value is -1.66. The van der Waals surface area contributed by atoms with Gasteiger partial charge in [-0.3, -0.25) is 0 Å². The molecule has 1 N–H and O–H groups in total. The smallest absolute Gasteiger partial charge is 0.227 e. The van der Waals surface area contributed by atoms with Crippen LogP contribution in [0.1, 0.15) is 17.5 Å². The van der Waals surface area contributed by atoms with E-state index in [-0.39, 0.29) is 0 Å². The summed E-state index contributed by atoms with van der Waals surface area (Å²) >= 11 is 1.75. The van der Waals surface area contributed by atoms with Crippen LogP contribution in [0.15, 0.2) is 23.6 Å². The van der Waals surface area contributed by atoms with Crippen molar-refractivity contribution < 1.29 is 4.74 Å². The molecule has 0 aromatic carbocycles. The van der Waals surface area contributed by atoms with Crippen LogP contribution in [0.4, 0.5) is 11.8 Å². The summed E-state index contributed by atoms with van der Waals surface area (Å²) in [4.78, 5) is 12.8. The number of aromatic nitrogens is 2. The summed E-state index contributed by atoms with van der Waals surface area (Å²) < 4.78 is 5.39. The molecule has 0 unspecified atom stereocenters. The number of ether oxygens (including phenoxy) is 1. The number of anilines is 2. The molecule has 0 saturated carbocycles. The predicted octanol–water partition coefficient (Wildman–Crippen LogP) is 2.55. The molecule has 0 bridgehead atoms. The normalized spacial score (nSPS) is 15.2. The van der Waals surface area contributed by atoms with Crippen molar-refractivity contribution in [1.29, 1.82) is 0 Å². The molecule has 1 fully saturated rings. The van der Waals surface area contributed by atoms with E-state index in [4.69, 9.17) is 4.74 Å². The molecule has 2 aromatic heterocycles. The average Bonchev–Trinajstić information content (AvgIpc) is 3.07. The number of hydrogen-bond donors (Lipinski definition) is 1. The van der Waals surface area contributed by atoms with Crippen molar-refractivity contribution in [1.82, 2.24) is 9.97 Å². The van der Waals surface area contributed by atoms with E-state index in [1.165, 1.54) is 4.88 Å². The van der Waals surface area contributed by atoms with Gasteiger partial charge in [0.2, 0.25) is 5.95 Å².